The highest BCUT2D eigenvalue weighted by Gasteiger charge is 2.33. The molecule has 1 atom stereocenters. The molecule has 0 spiro atoms. The van der Waals surface area contributed by atoms with Crippen molar-refractivity contribution in [2.45, 2.75) is 12.3 Å². The third kappa shape index (κ3) is 6.32. The van der Waals surface area contributed by atoms with E-state index in [1.54, 1.807) is 13.1 Å². The highest BCUT2D eigenvalue weighted by atomic mass is 35.5. The van der Waals surface area contributed by atoms with Crippen molar-refractivity contribution >= 4 is 23.4 Å². The Morgan fingerprint density at radius 3 is 2.41 bits per heavy atom. The minimum Gasteiger partial charge on any atom is -0.387 e. The van der Waals surface area contributed by atoms with E-state index in [4.69, 9.17) is 11.6 Å². The van der Waals surface area contributed by atoms with Crippen LogP contribution in [0.1, 0.15) is 17.2 Å². The van der Waals surface area contributed by atoms with Gasteiger partial charge in [0.15, 0.2) is 0 Å². The number of anilines is 2. The van der Waals surface area contributed by atoms with E-state index in [2.05, 4.69) is 25.9 Å². The lowest BCUT2D eigenvalue weighted by Crippen LogP contribution is -2.19. The van der Waals surface area contributed by atoms with Gasteiger partial charge in [-0.1, -0.05) is 48.0 Å². The number of hydrogen-bond acceptors (Lipinski definition) is 6. The molecule has 0 radical (unpaired) electrons. The van der Waals surface area contributed by atoms with Gasteiger partial charge in [-0.15, -0.1) is 0 Å². The van der Waals surface area contributed by atoms with E-state index in [1.165, 1.54) is 12.1 Å². The molecule has 0 aliphatic carbocycles. The summed E-state index contributed by atoms with van der Waals surface area (Å²) in [6.07, 6.45) is -5.31. The van der Waals surface area contributed by atoms with Gasteiger partial charge in [-0.05, 0) is 24.7 Å². The molecule has 0 saturated heterocycles. The van der Waals surface area contributed by atoms with E-state index in [-0.39, 0.29) is 6.54 Å². The Morgan fingerprint density at radius 2 is 1.75 bits per heavy atom. The van der Waals surface area contributed by atoms with Crippen molar-refractivity contribution in [2.75, 3.05) is 37.3 Å². The number of aliphatic hydroxyl groups excluding tert-OH is 1. The number of benzene rings is 2. The largest absolute Gasteiger partial charge is 0.417 e. The standard InChI is InChI=1S/C22H23ClF3N5O/c1-27-9-10-28-21-30-18(15-7-8-16(17(23)11-15)22(24,25)26)12-20(31-21)29-13-19(32)14-5-3-2-4-6-14/h2-8,11-12,19,27,32H,9-10,13H2,1H3,(H2,28,29,30,31)/t19-/m0/s1. The van der Waals surface area contributed by atoms with Gasteiger partial charge in [-0.2, -0.15) is 18.2 Å². The van der Waals surface area contributed by atoms with E-state index in [0.717, 1.165) is 11.6 Å². The van der Waals surface area contributed by atoms with Crippen LogP contribution in [0.3, 0.4) is 0 Å². The molecule has 3 rings (SSSR count). The molecule has 10 heteroatoms. The van der Waals surface area contributed by atoms with Gasteiger partial charge in [0.2, 0.25) is 5.95 Å². The zero-order chi connectivity index (χ0) is 23.1. The zero-order valence-electron chi connectivity index (χ0n) is 17.2. The summed E-state index contributed by atoms with van der Waals surface area (Å²) in [7, 11) is 1.81. The molecular formula is C22H23ClF3N5O. The lowest BCUT2D eigenvalue weighted by molar-refractivity contribution is -0.137. The molecule has 0 aliphatic rings. The predicted octanol–water partition coefficient (Wildman–Crippen LogP) is 4.59. The first kappa shape index (κ1) is 23.8. The van der Waals surface area contributed by atoms with E-state index in [0.29, 0.717) is 36.1 Å². The third-order valence-electron chi connectivity index (χ3n) is 4.62. The fraction of sp³-hybridized carbons (Fsp3) is 0.273. The van der Waals surface area contributed by atoms with Crippen LogP contribution in [0.15, 0.2) is 54.6 Å². The van der Waals surface area contributed by atoms with Gasteiger partial charge in [0.25, 0.3) is 0 Å². The van der Waals surface area contributed by atoms with Crippen LogP contribution in [-0.4, -0.2) is 41.8 Å². The van der Waals surface area contributed by atoms with Gasteiger partial charge in [-0.25, -0.2) is 4.98 Å². The van der Waals surface area contributed by atoms with Crippen LogP contribution >= 0.6 is 11.6 Å². The molecule has 3 aromatic rings. The molecule has 0 aliphatic heterocycles. The molecule has 32 heavy (non-hydrogen) atoms. The Labute approximate surface area is 188 Å². The van der Waals surface area contributed by atoms with Gasteiger partial charge in [-0.3, -0.25) is 0 Å². The maximum Gasteiger partial charge on any atom is 0.417 e. The average Bonchev–Trinajstić information content (AvgIpc) is 2.77. The van der Waals surface area contributed by atoms with Crippen molar-refractivity contribution in [3.05, 3.63) is 70.7 Å². The second kappa shape index (κ2) is 10.6. The molecule has 1 heterocycles. The number of nitrogens with zero attached hydrogens (tertiary/aromatic N) is 2. The lowest BCUT2D eigenvalue weighted by Gasteiger charge is -2.15. The summed E-state index contributed by atoms with van der Waals surface area (Å²) in [5.74, 6) is 0.707. The Hall–Kier alpha value is -2.88. The van der Waals surface area contributed by atoms with E-state index in [1.807, 2.05) is 30.3 Å². The van der Waals surface area contributed by atoms with Gasteiger partial charge >= 0.3 is 6.18 Å². The third-order valence-corrected chi connectivity index (χ3v) is 4.93. The molecule has 2 aromatic carbocycles. The molecule has 6 nitrogen and oxygen atoms in total. The van der Waals surface area contributed by atoms with Gasteiger partial charge in [0, 0.05) is 31.3 Å². The van der Waals surface area contributed by atoms with Crippen molar-refractivity contribution in [2.24, 2.45) is 0 Å². The minimum absolute atomic E-state index is 0.185. The zero-order valence-corrected chi connectivity index (χ0v) is 18.0. The molecule has 0 saturated carbocycles. The van der Waals surface area contributed by atoms with Crippen LogP contribution < -0.4 is 16.0 Å². The first-order valence-corrected chi connectivity index (χ1v) is 10.3. The number of nitrogens with one attached hydrogen (secondary N) is 3. The van der Waals surface area contributed by atoms with Crippen LogP contribution in [0.25, 0.3) is 11.3 Å². The Morgan fingerprint density at radius 1 is 1.00 bits per heavy atom. The summed E-state index contributed by atoms with van der Waals surface area (Å²) in [6, 6.07) is 14.2. The van der Waals surface area contributed by atoms with Crippen LogP contribution in [0, 0.1) is 0 Å². The maximum atomic E-state index is 13.0. The average molecular weight is 466 g/mol. The number of aliphatic hydroxyl groups is 1. The summed E-state index contributed by atoms with van der Waals surface area (Å²) in [6.45, 7) is 1.39. The van der Waals surface area contributed by atoms with E-state index < -0.39 is 22.9 Å². The number of rotatable bonds is 9. The van der Waals surface area contributed by atoms with E-state index >= 15 is 0 Å². The minimum atomic E-state index is -4.54. The summed E-state index contributed by atoms with van der Waals surface area (Å²) in [5, 5.41) is 19.1. The number of aromatic nitrogens is 2. The first-order chi connectivity index (χ1) is 15.3. The molecule has 4 N–H and O–H groups in total. The monoisotopic (exact) mass is 465 g/mol. The second-order valence-corrected chi connectivity index (χ2v) is 7.40. The Kier molecular flexibility index (Phi) is 7.89. The smallest absolute Gasteiger partial charge is 0.387 e. The quantitative estimate of drug-likeness (QED) is 0.346. The summed E-state index contributed by atoms with van der Waals surface area (Å²) < 4.78 is 39.1. The number of hydrogen-bond donors (Lipinski definition) is 4. The maximum absolute atomic E-state index is 13.0. The van der Waals surface area contributed by atoms with Crippen molar-refractivity contribution < 1.29 is 18.3 Å². The molecule has 0 bridgehead atoms. The molecule has 0 unspecified atom stereocenters. The highest BCUT2D eigenvalue weighted by Crippen LogP contribution is 2.36. The summed E-state index contributed by atoms with van der Waals surface area (Å²) in [5.41, 5.74) is 0.637. The normalized spacial score (nSPS) is 12.4. The lowest BCUT2D eigenvalue weighted by atomic mass is 10.1. The molecular weight excluding hydrogens is 443 g/mol. The van der Waals surface area contributed by atoms with Crippen LogP contribution in [0.4, 0.5) is 24.9 Å². The summed E-state index contributed by atoms with van der Waals surface area (Å²) >= 11 is 5.88. The van der Waals surface area contributed by atoms with Crippen molar-refractivity contribution in [3.63, 3.8) is 0 Å². The van der Waals surface area contributed by atoms with Crippen LogP contribution in [0.2, 0.25) is 5.02 Å². The molecule has 170 valence electrons. The van der Waals surface area contributed by atoms with E-state index in [9.17, 15) is 18.3 Å². The van der Waals surface area contributed by atoms with Gasteiger partial charge in [0.1, 0.15) is 5.82 Å². The van der Waals surface area contributed by atoms with Crippen molar-refractivity contribution in [3.8, 4) is 11.3 Å². The highest BCUT2D eigenvalue weighted by molar-refractivity contribution is 6.31. The number of halogens is 4. The van der Waals surface area contributed by atoms with Crippen molar-refractivity contribution in [1.82, 2.24) is 15.3 Å². The summed E-state index contributed by atoms with van der Waals surface area (Å²) in [4.78, 5) is 8.79. The fourth-order valence-corrected chi connectivity index (χ4v) is 3.25. The number of likely N-dealkylation sites (N-methyl/N-ethyl adjacent to an activating group) is 1. The van der Waals surface area contributed by atoms with Crippen LogP contribution in [-0.2, 0) is 6.18 Å². The van der Waals surface area contributed by atoms with Gasteiger partial charge in [0.05, 0.1) is 22.4 Å². The Balaban J connectivity index is 1.86. The molecule has 0 amide bonds. The fourth-order valence-electron chi connectivity index (χ4n) is 2.96. The number of alkyl halides is 3. The second-order valence-electron chi connectivity index (χ2n) is 6.99. The molecule has 0 fully saturated rings. The first-order valence-electron chi connectivity index (χ1n) is 9.89. The SMILES string of the molecule is CNCCNc1nc(NC[C@H](O)c2ccccc2)cc(-c2ccc(C(F)(F)F)c(Cl)c2)n1. The van der Waals surface area contributed by atoms with Gasteiger partial charge < -0.3 is 21.1 Å². The topological polar surface area (TPSA) is 82.1 Å². The predicted molar refractivity (Wildman–Crippen MR) is 120 cm³/mol. The van der Waals surface area contributed by atoms with Crippen LogP contribution in [0.5, 0.6) is 0 Å². The molecule has 1 aromatic heterocycles. The Bertz CT molecular complexity index is 1030. The van der Waals surface area contributed by atoms with Crippen molar-refractivity contribution in [1.29, 1.82) is 0 Å².